The number of aryl methyl sites for hydroxylation is 1. The first-order valence-corrected chi connectivity index (χ1v) is 7.31. The van der Waals surface area contributed by atoms with Crippen LogP contribution in [0.15, 0.2) is 32.9 Å². The Morgan fingerprint density at radius 2 is 2.00 bits per heavy atom. The number of aromatic amines is 2. The fraction of sp³-hybridized carbons (Fsp3) is 0.250. The van der Waals surface area contributed by atoms with Gasteiger partial charge in [0.25, 0.3) is 5.56 Å². The van der Waals surface area contributed by atoms with Gasteiger partial charge < -0.3 is 14.5 Å². The maximum absolute atomic E-state index is 11.9. The molecule has 0 spiro atoms. The highest BCUT2D eigenvalue weighted by molar-refractivity contribution is 5.86. The molecule has 0 fully saturated rings. The van der Waals surface area contributed by atoms with Crippen LogP contribution in [0.2, 0.25) is 0 Å². The molecule has 1 aromatic carbocycles. The summed E-state index contributed by atoms with van der Waals surface area (Å²) in [7, 11) is 3.02. The SMILES string of the molecule is COc1cccc(/C=N\NC(=O)Cc2c(C)[nH]c(=O)[nH]c2=O)c1OC. The van der Waals surface area contributed by atoms with Crippen molar-refractivity contribution in [3.05, 3.63) is 55.9 Å². The van der Waals surface area contributed by atoms with Crippen molar-refractivity contribution in [2.24, 2.45) is 5.10 Å². The molecule has 0 aliphatic heterocycles. The van der Waals surface area contributed by atoms with E-state index in [9.17, 15) is 14.4 Å². The van der Waals surface area contributed by atoms with Crippen LogP contribution < -0.4 is 26.1 Å². The molecule has 1 heterocycles. The van der Waals surface area contributed by atoms with Gasteiger partial charge in [-0.25, -0.2) is 10.2 Å². The first-order valence-electron chi connectivity index (χ1n) is 7.31. The van der Waals surface area contributed by atoms with E-state index in [0.29, 0.717) is 22.8 Å². The van der Waals surface area contributed by atoms with Gasteiger partial charge in [-0.2, -0.15) is 5.10 Å². The number of carbonyl (C=O) groups is 1. The molecule has 25 heavy (non-hydrogen) atoms. The number of ether oxygens (including phenoxy) is 2. The van der Waals surface area contributed by atoms with Crippen molar-refractivity contribution in [1.29, 1.82) is 0 Å². The molecule has 2 rings (SSSR count). The van der Waals surface area contributed by atoms with Crippen LogP contribution in [-0.4, -0.2) is 36.3 Å². The number of aromatic nitrogens is 2. The minimum atomic E-state index is -0.616. The van der Waals surface area contributed by atoms with Gasteiger partial charge >= 0.3 is 5.69 Å². The summed E-state index contributed by atoms with van der Waals surface area (Å²) < 4.78 is 10.4. The summed E-state index contributed by atoms with van der Waals surface area (Å²) in [5, 5.41) is 3.85. The highest BCUT2D eigenvalue weighted by Crippen LogP contribution is 2.29. The Labute approximate surface area is 142 Å². The molecule has 9 nitrogen and oxygen atoms in total. The Balaban J connectivity index is 2.10. The molecule has 9 heteroatoms. The topological polar surface area (TPSA) is 126 Å². The summed E-state index contributed by atoms with van der Waals surface area (Å²) in [6, 6.07) is 5.24. The molecule has 0 saturated carbocycles. The molecule has 0 atom stereocenters. The zero-order valence-corrected chi connectivity index (χ0v) is 14.0. The lowest BCUT2D eigenvalue weighted by atomic mass is 10.1. The number of methoxy groups -OCH3 is 2. The third-order valence-electron chi connectivity index (χ3n) is 3.42. The molecule has 3 N–H and O–H groups in total. The number of H-pyrrole nitrogens is 2. The highest BCUT2D eigenvalue weighted by Gasteiger charge is 2.11. The van der Waals surface area contributed by atoms with Crippen LogP contribution in [0.1, 0.15) is 16.8 Å². The van der Waals surface area contributed by atoms with E-state index in [4.69, 9.17) is 9.47 Å². The van der Waals surface area contributed by atoms with Crippen molar-refractivity contribution in [1.82, 2.24) is 15.4 Å². The van der Waals surface area contributed by atoms with Gasteiger partial charge in [-0.1, -0.05) is 6.07 Å². The minimum absolute atomic E-state index is 0.172. The minimum Gasteiger partial charge on any atom is -0.493 e. The Morgan fingerprint density at radius 1 is 1.24 bits per heavy atom. The Hall–Kier alpha value is -3.36. The third-order valence-corrected chi connectivity index (χ3v) is 3.42. The molecule has 0 radical (unpaired) electrons. The van der Waals surface area contributed by atoms with Crippen LogP contribution in [0.5, 0.6) is 11.5 Å². The first kappa shape index (κ1) is 18.0. The molecule has 0 saturated heterocycles. The second kappa shape index (κ2) is 7.95. The number of nitrogens with zero attached hydrogens (tertiary/aromatic N) is 1. The van der Waals surface area contributed by atoms with E-state index in [0.717, 1.165) is 0 Å². The third kappa shape index (κ3) is 4.34. The zero-order valence-electron chi connectivity index (χ0n) is 14.0. The summed E-state index contributed by atoms with van der Waals surface area (Å²) >= 11 is 0. The fourth-order valence-corrected chi connectivity index (χ4v) is 2.23. The lowest BCUT2D eigenvalue weighted by Gasteiger charge is -2.09. The monoisotopic (exact) mass is 346 g/mol. The number of benzene rings is 1. The van der Waals surface area contributed by atoms with Crippen molar-refractivity contribution in [2.45, 2.75) is 13.3 Å². The average Bonchev–Trinajstić information content (AvgIpc) is 2.57. The summed E-state index contributed by atoms with van der Waals surface area (Å²) in [4.78, 5) is 39.3. The number of carbonyl (C=O) groups excluding carboxylic acids is 1. The maximum atomic E-state index is 11.9. The molecule has 1 amide bonds. The molecule has 0 aliphatic carbocycles. The first-order chi connectivity index (χ1) is 12.0. The second-order valence-corrected chi connectivity index (χ2v) is 5.06. The van der Waals surface area contributed by atoms with Gasteiger partial charge in [0, 0.05) is 16.8 Å². The molecule has 132 valence electrons. The van der Waals surface area contributed by atoms with Gasteiger partial charge in [0.05, 0.1) is 26.9 Å². The van der Waals surface area contributed by atoms with Crippen molar-refractivity contribution >= 4 is 12.1 Å². The van der Waals surface area contributed by atoms with E-state index >= 15 is 0 Å². The molecule has 0 bridgehead atoms. The van der Waals surface area contributed by atoms with Gasteiger partial charge in [-0.3, -0.25) is 14.6 Å². The van der Waals surface area contributed by atoms with Gasteiger partial charge in [-0.15, -0.1) is 0 Å². The predicted molar refractivity (Wildman–Crippen MR) is 91.4 cm³/mol. The van der Waals surface area contributed by atoms with E-state index < -0.39 is 17.2 Å². The fourth-order valence-electron chi connectivity index (χ4n) is 2.23. The van der Waals surface area contributed by atoms with Crippen LogP contribution in [0.4, 0.5) is 0 Å². The van der Waals surface area contributed by atoms with Crippen molar-refractivity contribution in [2.75, 3.05) is 14.2 Å². The smallest absolute Gasteiger partial charge is 0.325 e. The molecule has 0 aliphatic rings. The summed E-state index contributed by atoms with van der Waals surface area (Å²) in [6.07, 6.45) is 1.19. The number of amides is 1. The van der Waals surface area contributed by atoms with Gasteiger partial charge in [0.1, 0.15) is 0 Å². The molecular weight excluding hydrogens is 328 g/mol. The summed E-state index contributed by atoms with van der Waals surface area (Å²) in [5.74, 6) is 0.517. The molecular formula is C16H18N4O5. The summed E-state index contributed by atoms with van der Waals surface area (Å²) in [5.41, 5.74) is 2.23. The zero-order chi connectivity index (χ0) is 18.4. The van der Waals surface area contributed by atoms with Crippen molar-refractivity contribution in [3.63, 3.8) is 0 Å². The van der Waals surface area contributed by atoms with E-state index in [2.05, 4.69) is 20.5 Å². The maximum Gasteiger partial charge on any atom is 0.325 e. The van der Waals surface area contributed by atoms with Gasteiger partial charge in [-0.05, 0) is 19.1 Å². The van der Waals surface area contributed by atoms with Gasteiger partial charge in [0.15, 0.2) is 11.5 Å². The Morgan fingerprint density at radius 3 is 2.64 bits per heavy atom. The predicted octanol–water partition coefficient (Wildman–Crippen LogP) is 0.0816. The highest BCUT2D eigenvalue weighted by atomic mass is 16.5. The Kier molecular flexibility index (Phi) is 5.72. The number of hydrazone groups is 1. The molecule has 1 aromatic heterocycles. The number of hydrogen-bond acceptors (Lipinski definition) is 6. The quantitative estimate of drug-likeness (QED) is 0.504. The largest absolute Gasteiger partial charge is 0.493 e. The van der Waals surface area contributed by atoms with E-state index in [1.165, 1.54) is 20.4 Å². The Bertz CT molecular complexity index is 913. The lowest BCUT2D eigenvalue weighted by Crippen LogP contribution is -2.30. The van der Waals surface area contributed by atoms with Crippen molar-refractivity contribution < 1.29 is 14.3 Å². The van der Waals surface area contributed by atoms with Crippen LogP contribution in [-0.2, 0) is 11.2 Å². The standard InChI is InChI=1S/C16H18N4O5/c1-9-11(15(22)19-16(23)18-9)7-13(21)20-17-8-10-5-4-6-12(24-2)14(10)25-3/h4-6,8H,7H2,1-3H3,(H,20,21)(H2,18,19,22,23)/b17-8-. The summed E-state index contributed by atoms with van der Waals surface area (Å²) in [6.45, 7) is 1.55. The number of rotatable bonds is 6. The normalized spacial score (nSPS) is 10.7. The van der Waals surface area contributed by atoms with E-state index in [1.54, 1.807) is 25.1 Å². The van der Waals surface area contributed by atoms with Crippen LogP contribution in [0.25, 0.3) is 0 Å². The molecule has 0 unspecified atom stereocenters. The second-order valence-electron chi connectivity index (χ2n) is 5.06. The number of hydrogen-bond donors (Lipinski definition) is 3. The van der Waals surface area contributed by atoms with Gasteiger partial charge in [0.2, 0.25) is 5.91 Å². The van der Waals surface area contributed by atoms with Crippen LogP contribution in [0, 0.1) is 6.92 Å². The van der Waals surface area contributed by atoms with Crippen molar-refractivity contribution in [3.8, 4) is 11.5 Å². The molecule has 2 aromatic rings. The lowest BCUT2D eigenvalue weighted by molar-refractivity contribution is -0.120. The number of para-hydroxylation sites is 1. The van der Waals surface area contributed by atoms with E-state index in [-0.39, 0.29) is 12.0 Å². The number of nitrogens with one attached hydrogen (secondary N) is 3. The van der Waals surface area contributed by atoms with Crippen LogP contribution >= 0.6 is 0 Å². The van der Waals surface area contributed by atoms with Crippen LogP contribution in [0.3, 0.4) is 0 Å². The average molecular weight is 346 g/mol. The van der Waals surface area contributed by atoms with E-state index in [1.807, 2.05) is 0 Å².